The van der Waals surface area contributed by atoms with Gasteiger partial charge in [0.1, 0.15) is 5.75 Å². The number of ether oxygens (including phenoxy) is 1. The second-order valence-electron chi connectivity index (χ2n) is 4.13. The maximum absolute atomic E-state index is 13.7. The zero-order chi connectivity index (χ0) is 13.8. The molecule has 0 aliphatic heterocycles. The van der Waals surface area contributed by atoms with E-state index in [-0.39, 0.29) is 4.83 Å². The summed E-state index contributed by atoms with van der Waals surface area (Å²) in [7, 11) is 1.59. The molecule has 0 saturated carbocycles. The Hall–Kier alpha value is -1.42. The first kappa shape index (κ1) is 14.0. The van der Waals surface area contributed by atoms with Gasteiger partial charge >= 0.3 is 0 Å². The average Bonchev–Trinajstić information content (AvgIpc) is 2.42. The molecule has 2 aromatic rings. The SMILES string of the molecule is COc1ccccc1CC(Br)c1cccc(F)c1F. The smallest absolute Gasteiger partial charge is 0.163 e. The summed E-state index contributed by atoms with van der Waals surface area (Å²) in [5.41, 5.74) is 1.25. The van der Waals surface area contributed by atoms with Gasteiger partial charge in [0, 0.05) is 10.4 Å². The minimum absolute atomic E-state index is 0.306. The van der Waals surface area contributed by atoms with Crippen LogP contribution in [0.5, 0.6) is 5.75 Å². The summed E-state index contributed by atoms with van der Waals surface area (Å²) >= 11 is 3.41. The van der Waals surface area contributed by atoms with E-state index >= 15 is 0 Å². The zero-order valence-electron chi connectivity index (χ0n) is 10.4. The van der Waals surface area contributed by atoms with Gasteiger partial charge in [-0.25, -0.2) is 8.78 Å². The first-order valence-corrected chi connectivity index (χ1v) is 6.75. The third kappa shape index (κ3) is 3.13. The highest BCUT2D eigenvalue weighted by molar-refractivity contribution is 9.09. The number of alkyl halides is 1. The van der Waals surface area contributed by atoms with E-state index < -0.39 is 11.6 Å². The van der Waals surface area contributed by atoms with Crippen molar-refractivity contribution in [2.45, 2.75) is 11.2 Å². The normalized spacial score (nSPS) is 12.2. The van der Waals surface area contributed by atoms with Crippen LogP contribution >= 0.6 is 15.9 Å². The second-order valence-corrected chi connectivity index (χ2v) is 5.23. The minimum atomic E-state index is -0.832. The Morgan fingerprint density at radius 2 is 1.84 bits per heavy atom. The predicted molar refractivity (Wildman–Crippen MR) is 74.7 cm³/mol. The summed E-state index contributed by atoms with van der Waals surface area (Å²) in [6, 6.07) is 11.7. The van der Waals surface area contributed by atoms with E-state index in [0.717, 1.165) is 17.4 Å². The van der Waals surface area contributed by atoms with Gasteiger partial charge in [-0.1, -0.05) is 46.3 Å². The Balaban J connectivity index is 2.26. The molecular formula is C15H13BrF2O. The van der Waals surface area contributed by atoms with Crippen molar-refractivity contribution in [2.24, 2.45) is 0 Å². The molecule has 1 nitrogen and oxygen atoms in total. The Bertz CT molecular complexity index is 572. The standard InChI is InChI=1S/C15H13BrF2O/c1-19-14-8-3-2-5-10(14)9-12(16)11-6-4-7-13(17)15(11)18/h2-8,12H,9H2,1H3. The second kappa shape index (κ2) is 6.15. The lowest BCUT2D eigenvalue weighted by Crippen LogP contribution is -2.02. The summed E-state index contributed by atoms with van der Waals surface area (Å²) in [4.78, 5) is -0.306. The van der Waals surface area contributed by atoms with Crippen LogP contribution in [0.2, 0.25) is 0 Å². The molecule has 0 N–H and O–H groups in total. The van der Waals surface area contributed by atoms with E-state index in [0.29, 0.717) is 12.0 Å². The lowest BCUT2D eigenvalue weighted by atomic mass is 10.0. The maximum Gasteiger partial charge on any atom is 0.163 e. The first-order valence-electron chi connectivity index (χ1n) is 5.83. The molecule has 4 heteroatoms. The van der Waals surface area contributed by atoms with Crippen molar-refractivity contribution >= 4 is 15.9 Å². The highest BCUT2D eigenvalue weighted by Crippen LogP contribution is 2.32. The van der Waals surface area contributed by atoms with Gasteiger partial charge in [-0.3, -0.25) is 0 Å². The van der Waals surface area contributed by atoms with Crippen LogP contribution in [0.25, 0.3) is 0 Å². The van der Waals surface area contributed by atoms with Crippen LogP contribution in [0, 0.1) is 11.6 Å². The first-order chi connectivity index (χ1) is 9.13. The molecular weight excluding hydrogens is 314 g/mol. The van der Waals surface area contributed by atoms with Gasteiger partial charge in [0.15, 0.2) is 11.6 Å². The molecule has 0 radical (unpaired) electrons. The van der Waals surface area contributed by atoms with Crippen molar-refractivity contribution in [1.82, 2.24) is 0 Å². The highest BCUT2D eigenvalue weighted by atomic mass is 79.9. The average molecular weight is 327 g/mol. The van der Waals surface area contributed by atoms with Crippen molar-refractivity contribution in [3.63, 3.8) is 0 Å². The quantitative estimate of drug-likeness (QED) is 0.743. The van der Waals surface area contributed by atoms with Gasteiger partial charge in [-0.05, 0) is 24.1 Å². The Kier molecular flexibility index (Phi) is 4.53. The van der Waals surface area contributed by atoms with Crippen LogP contribution in [0.15, 0.2) is 42.5 Å². The van der Waals surface area contributed by atoms with E-state index in [1.807, 2.05) is 24.3 Å². The molecule has 1 atom stereocenters. The van der Waals surface area contributed by atoms with Gasteiger partial charge in [0.25, 0.3) is 0 Å². The largest absolute Gasteiger partial charge is 0.496 e. The molecule has 0 aliphatic rings. The fraction of sp³-hybridized carbons (Fsp3) is 0.200. The Morgan fingerprint density at radius 3 is 2.58 bits per heavy atom. The van der Waals surface area contributed by atoms with Crippen LogP contribution in [0.3, 0.4) is 0 Å². The Morgan fingerprint density at radius 1 is 1.11 bits per heavy atom. The minimum Gasteiger partial charge on any atom is -0.496 e. The predicted octanol–water partition coefficient (Wildman–Crippen LogP) is 4.65. The lowest BCUT2D eigenvalue weighted by molar-refractivity contribution is 0.409. The monoisotopic (exact) mass is 326 g/mol. The molecule has 100 valence electrons. The fourth-order valence-electron chi connectivity index (χ4n) is 1.94. The molecule has 1 unspecified atom stereocenters. The zero-order valence-corrected chi connectivity index (χ0v) is 12.0. The van der Waals surface area contributed by atoms with E-state index in [1.165, 1.54) is 6.07 Å². The summed E-state index contributed by atoms with van der Waals surface area (Å²) in [6.45, 7) is 0. The van der Waals surface area contributed by atoms with Gasteiger partial charge in [0.2, 0.25) is 0 Å². The van der Waals surface area contributed by atoms with Gasteiger partial charge < -0.3 is 4.74 Å². The van der Waals surface area contributed by atoms with Gasteiger partial charge in [0.05, 0.1) is 7.11 Å². The molecule has 0 amide bonds. The number of hydrogen-bond acceptors (Lipinski definition) is 1. The summed E-state index contributed by atoms with van der Waals surface area (Å²) in [5, 5.41) is 0. The number of hydrogen-bond donors (Lipinski definition) is 0. The molecule has 2 rings (SSSR count). The fourth-order valence-corrected chi connectivity index (χ4v) is 2.64. The maximum atomic E-state index is 13.7. The number of para-hydroxylation sites is 1. The van der Waals surface area contributed by atoms with Gasteiger partial charge in [-0.2, -0.15) is 0 Å². The summed E-state index contributed by atoms with van der Waals surface area (Å²) < 4.78 is 32.2. The number of methoxy groups -OCH3 is 1. The molecule has 0 heterocycles. The van der Waals surface area contributed by atoms with Crippen molar-refractivity contribution in [2.75, 3.05) is 7.11 Å². The van der Waals surface area contributed by atoms with E-state index in [2.05, 4.69) is 15.9 Å². The Labute approximate surface area is 119 Å². The van der Waals surface area contributed by atoms with E-state index in [1.54, 1.807) is 13.2 Å². The third-order valence-corrected chi connectivity index (χ3v) is 3.73. The molecule has 0 spiro atoms. The number of benzene rings is 2. The topological polar surface area (TPSA) is 9.23 Å². The van der Waals surface area contributed by atoms with Crippen molar-refractivity contribution in [1.29, 1.82) is 0 Å². The third-order valence-electron chi connectivity index (χ3n) is 2.91. The van der Waals surface area contributed by atoms with Crippen molar-refractivity contribution in [3.05, 3.63) is 65.2 Å². The molecule has 0 aromatic heterocycles. The van der Waals surface area contributed by atoms with Crippen LogP contribution in [0.4, 0.5) is 8.78 Å². The van der Waals surface area contributed by atoms with Crippen molar-refractivity contribution < 1.29 is 13.5 Å². The molecule has 19 heavy (non-hydrogen) atoms. The lowest BCUT2D eigenvalue weighted by Gasteiger charge is -2.14. The number of rotatable bonds is 4. The van der Waals surface area contributed by atoms with Crippen LogP contribution < -0.4 is 4.74 Å². The highest BCUT2D eigenvalue weighted by Gasteiger charge is 2.17. The van der Waals surface area contributed by atoms with Crippen molar-refractivity contribution in [3.8, 4) is 5.75 Å². The van der Waals surface area contributed by atoms with Crippen LogP contribution in [-0.2, 0) is 6.42 Å². The molecule has 0 bridgehead atoms. The van der Waals surface area contributed by atoms with E-state index in [4.69, 9.17) is 4.74 Å². The summed E-state index contributed by atoms with van der Waals surface area (Å²) in [6.07, 6.45) is 0.518. The molecule has 0 aliphatic carbocycles. The van der Waals surface area contributed by atoms with Gasteiger partial charge in [-0.15, -0.1) is 0 Å². The molecule has 2 aromatic carbocycles. The van der Waals surface area contributed by atoms with Crippen LogP contribution in [0.1, 0.15) is 16.0 Å². The summed E-state index contributed by atoms with van der Waals surface area (Å²) in [5.74, 6) is -0.898. The van der Waals surface area contributed by atoms with Crippen LogP contribution in [-0.4, -0.2) is 7.11 Å². The molecule has 0 fully saturated rings. The molecule has 0 saturated heterocycles. The van der Waals surface area contributed by atoms with E-state index in [9.17, 15) is 8.78 Å². The number of halogens is 3.